The maximum Gasteiger partial charge on any atom is 0.508 e. The van der Waals surface area contributed by atoms with Crippen molar-refractivity contribution in [3.8, 4) is 12.3 Å². The van der Waals surface area contributed by atoms with Gasteiger partial charge in [-0.05, 0) is 40.0 Å². The molecule has 3 rings (SSSR count). The molecule has 2 aromatic rings. The number of fused-ring (bicyclic) bond motifs is 1. The minimum atomic E-state index is -1.66. The van der Waals surface area contributed by atoms with Crippen molar-refractivity contribution < 1.29 is 38.0 Å². The number of unbranched alkanes of at least 4 members (excludes halogenated alkanes) is 2. The zero-order valence-corrected chi connectivity index (χ0v) is 20.4. The maximum absolute atomic E-state index is 13.7. The first-order valence-corrected chi connectivity index (χ1v) is 11.5. The largest absolute Gasteiger partial charge is 0.508 e. The molecule has 1 aliphatic heterocycles. The number of aliphatic hydroxyl groups excluding tert-OH is 1. The first kappa shape index (κ1) is 27.1. The third-order valence-electron chi connectivity index (χ3n) is 5.40. The molecular formula is C23H30FN5O7. The van der Waals surface area contributed by atoms with Gasteiger partial charge in [-0.1, -0.05) is 5.92 Å². The average molecular weight is 508 g/mol. The number of nitrogens with zero attached hydrogens (tertiary/aromatic N) is 4. The fourth-order valence-electron chi connectivity index (χ4n) is 3.73. The van der Waals surface area contributed by atoms with Gasteiger partial charge >= 0.3 is 18.2 Å². The summed E-state index contributed by atoms with van der Waals surface area (Å²) in [6.07, 6.45) is 4.94. The van der Waals surface area contributed by atoms with Crippen molar-refractivity contribution in [1.82, 2.24) is 19.5 Å². The number of hydrogen-bond acceptors (Lipinski definition) is 11. The van der Waals surface area contributed by atoms with Crippen molar-refractivity contribution in [3.63, 3.8) is 0 Å². The summed E-state index contributed by atoms with van der Waals surface area (Å²) in [4.78, 5) is 35.2. The molecule has 0 aliphatic carbocycles. The van der Waals surface area contributed by atoms with Crippen LogP contribution in [0, 0.1) is 18.4 Å². The molecule has 13 heteroatoms. The first-order valence-electron chi connectivity index (χ1n) is 11.5. The van der Waals surface area contributed by atoms with Gasteiger partial charge in [-0.2, -0.15) is 14.4 Å². The molecule has 3 heterocycles. The van der Waals surface area contributed by atoms with Crippen LogP contribution in [0.1, 0.15) is 59.1 Å². The SMILES string of the molecule is C#C[C@]1(CO)O[C@@H](n2cnc3c(N)nc(F)nc32)C[C@@H]1OC(=O)OCCCCCC(=O)OC(C)(C)C. The van der Waals surface area contributed by atoms with Crippen LogP contribution < -0.4 is 5.73 Å². The van der Waals surface area contributed by atoms with Gasteiger partial charge in [0.1, 0.15) is 11.8 Å². The number of nitrogen functional groups attached to an aromatic ring is 1. The fraction of sp³-hybridized carbons (Fsp3) is 0.609. The van der Waals surface area contributed by atoms with Crippen LogP contribution in [0.2, 0.25) is 0 Å². The molecule has 36 heavy (non-hydrogen) atoms. The van der Waals surface area contributed by atoms with Crippen LogP contribution in [0.3, 0.4) is 0 Å². The summed E-state index contributed by atoms with van der Waals surface area (Å²) in [5.74, 6) is 1.91. The fourth-order valence-corrected chi connectivity index (χ4v) is 3.73. The number of aromatic nitrogens is 4. The maximum atomic E-state index is 13.7. The topological polar surface area (TPSA) is 161 Å². The monoisotopic (exact) mass is 507 g/mol. The highest BCUT2D eigenvalue weighted by molar-refractivity contribution is 5.81. The lowest BCUT2D eigenvalue weighted by Gasteiger charge is -2.26. The van der Waals surface area contributed by atoms with E-state index in [0.29, 0.717) is 19.3 Å². The number of anilines is 1. The Labute approximate surface area is 207 Å². The lowest BCUT2D eigenvalue weighted by molar-refractivity contribution is -0.154. The van der Waals surface area contributed by atoms with Gasteiger partial charge in [0, 0.05) is 12.8 Å². The molecule has 1 saturated heterocycles. The Morgan fingerprint density at radius 1 is 1.36 bits per heavy atom. The molecule has 0 aromatic carbocycles. The highest BCUT2D eigenvalue weighted by Crippen LogP contribution is 2.39. The highest BCUT2D eigenvalue weighted by Gasteiger charge is 2.51. The van der Waals surface area contributed by atoms with Gasteiger partial charge < -0.3 is 29.8 Å². The zero-order chi connectivity index (χ0) is 26.5. The molecule has 0 radical (unpaired) electrons. The Bertz CT molecular complexity index is 1140. The summed E-state index contributed by atoms with van der Waals surface area (Å²) in [5, 5.41) is 9.94. The second kappa shape index (κ2) is 11.0. The molecular weight excluding hydrogens is 477 g/mol. The lowest BCUT2D eigenvalue weighted by Crippen LogP contribution is -2.44. The number of imidazole rings is 1. The number of aliphatic hydroxyl groups is 1. The number of nitrogens with two attached hydrogens (primary N) is 1. The van der Waals surface area contributed by atoms with Crippen molar-refractivity contribution in [2.45, 2.75) is 76.4 Å². The van der Waals surface area contributed by atoms with Crippen LogP contribution in [0.25, 0.3) is 11.2 Å². The van der Waals surface area contributed by atoms with Crippen molar-refractivity contribution in [2.24, 2.45) is 0 Å². The Morgan fingerprint density at radius 2 is 2.11 bits per heavy atom. The number of rotatable bonds is 9. The van der Waals surface area contributed by atoms with Crippen LogP contribution in [0.4, 0.5) is 15.0 Å². The second-order valence-corrected chi connectivity index (χ2v) is 9.30. The minimum Gasteiger partial charge on any atom is -0.460 e. The van der Waals surface area contributed by atoms with E-state index in [1.807, 2.05) is 0 Å². The molecule has 196 valence electrons. The van der Waals surface area contributed by atoms with Crippen LogP contribution >= 0.6 is 0 Å². The van der Waals surface area contributed by atoms with Crippen LogP contribution in [-0.4, -0.2) is 67.3 Å². The number of ether oxygens (including phenoxy) is 4. The normalized spacial score (nSPS) is 21.8. The molecule has 1 aliphatic rings. The average Bonchev–Trinajstić information content (AvgIpc) is 3.36. The molecule has 0 saturated carbocycles. The summed E-state index contributed by atoms with van der Waals surface area (Å²) in [7, 11) is 0. The number of carbonyl (C=O) groups is 2. The third kappa shape index (κ3) is 6.38. The Hall–Kier alpha value is -3.50. The van der Waals surface area contributed by atoms with Crippen LogP contribution in [0.5, 0.6) is 0 Å². The molecule has 0 amide bonds. The van der Waals surface area contributed by atoms with Crippen molar-refractivity contribution in [3.05, 3.63) is 12.4 Å². The van der Waals surface area contributed by atoms with Gasteiger partial charge in [-0.15, -0.1) is 6.42 Å². The summed E-state index contributed by atoms with van der Waals surface area (Å²) < 4.78 is 36.6. The Balaban J connectivity index is 1.54. The van der Waals surface area contributed by atoms with Crippen LogP contribution in [-0.2, 0) is 23.7 Å². The number of esters is 1. The number of halogens is 1. The molecule has 0 unspecified atom stereocenters. The summed E-state index contributed by atoms with van der Waals surface area (Å²) in [6.45, 7) is 4.81. The van der Waals surface area contributed by atoms with Crippen molar-refractivity contribution in [2.75, 3.05) is 18.9 Å². The summed E-state index contributed by atoms with van der Waals surface area (Å²) in [6, 6.07) is 0. The molecule has 3 N–H and O–H groups in total. The van der Waals surface area contributed by atoms with Crippen molar-refractivity contribution in [1.29, 1.82) is 0 Å². The summed E-state index contributed by atoms with van der Waals surface area (Å²) in [5.41, 5.74) is 3.72. The smallest absolute Gasteiger partial charge is 0.460 e. The van der Waals surface area contributed by atoms with Gasteiger partial charge in [0.25, 0.3) is 0 Å². The quantitative estimate of drug-likeness (QED) is 0.222. The first-order chi connectivity index (χ1) is 17.0. The standard InChI is InChI=1S/C23H30FN5O7/c1-5-23(12-30)14(34-21(32)33-10-8-6-7-9-16(31)36-22(2,3)4)11-15(35-23)29-13-26-17-18(25)27-20(24)28-19(17)29/h1,13-15,30H,6-12H2,2-4H3,(H2,25,27,28)/t14-,15+,23+/m0/s1. The van der Waals surface area contributed by atoms with Crippen molar-refractivity contribution >= 4 is 29.1 Å². The predicted molar refractivity (Wildman–Crippen MR) is 124 cm³/mol. The molecule has 12 nitrogen and oxygen atoms in total. The lowest BCUT2D eigenvalue weighted by atomic mass is 9.99. The van der Waals surface area contributed by atoms with E-state index in [1.165, 1.54) is 10.9 Å². The minimum absolute atomic E-state index is 0.00668. The van der Waals surface area contributed by atoms with E-state index >= 15 is 0 Å². The summed E-state index contributed by atoms with van der Waals surface area (Å²) >= 11 is 0. The number of hydrogen-bond donors (Lipinski definition) is 2. The zero-order valence-electron chi connectivity index (χ0n) is 20.4. The van der Waals surface area contributed by atoms with Gasteiger partial charge in [0.15, 0.2) is 28.7 Å². The van der Waals surface area contributed by atoms with E-state index in [2.05, 4.69) is 20.9 Å². The molecule has 2 aromatic heterocycles. The molecule has 0 spiro atoms. The third-order valence-corrected chi connectivity index (χ3v) is 5.40. The second-order valence-electron chi connectivity index (χ2n) is 9.30. The van der Waals surface area contributed by atoms with Gasteiger partial charge in [-0.3, -0.25) is 9.36 Å². The van der Waals surface area contributed by atoms with E-state index in [9.17, 15) is 19.1 Å². The van der Waals surface area contributed by atoms with E-state index in [1.54, 1.807) is 20.8 Å². The van der Waals surface area contributed by atoms with E-state index < -0.39 is 42.4 Å². The Kier molecular flexibility index (Phi) is 8.31. The van der Waals surface area contributed by atoms with E-state index in [0.717, 1.165) is 0 Å². The van der Waals surface area contributed by atoms with Crippen LogP contribution in [0.15, 0.2) is 6.33 Å². The van der Waals surface area contributed by atoms with Gasteiger partial charge in [0.2, 0.25) is 0 Å². The molecule has 3 atom stereocenters. The Morgan fingerprint density at radius 3 is 2.78 bits per heavy atom. The number of carbonyl (C=O) groups excluding carboxylic acids is 2. The van der Waals surface area contributed by atoms with Gasteiger partial charge in [-0.25, -0.2) is 9.78 Å². The van der Waals surface area contributed by atoms with E-state index in [4.69, 9.17) is 31.1 Å². The molecule has 1 fully saturated rings. The highest BCUT2D eigenvalue weighted by atomic mass is 19.1. The van der Waals surface area contributed by atoms with Gasteiger partial charge in [0.05, 0.1) is 19.5 Å². The van der Waals surface area contributed by atoms with E-state index in [-0.39, 0.29) is 42.4 Å². The predicted octanol–water partition coefficient (Wildman–Crippen LogP) is 2.25. The number of terminal acetylenes is 1. The molecule has 0 bridgehead atoms.